The van der Waals surface area contributed by atoms with E-state index in [9.17, 15) is 19.8 Å². The van der Waals surface area contributed by atoms with Crippen molar-refractivity contribution < 1.29 is 38.9 Å². The Kier molecular flexibility index (Phi) is 8.73. The first-order chi connectivity index (χ1) is 12.2. The first kappa shape index (κ1) is 21.6. The second-order valence-electron chi connectivity index (χ2n) is 6.21. The van der Waals surface area contributed by atoms with E-state index in [4.69, 9.17) is 19.0 Å². The van der Waals surface area contributed by atoms with E-state index in [0.29, 0.717) is 24.5 Å². The fourth-order valence-electron chi connectivity index (χ4n) is 1.66. The molecule has 1 amide bonds. The van der Waals surface area contributed by atoms with Gasteiger partial charge in [0, 0.05) is 18.7 Å². The average Bonchev–Trinajstić information content (AvgIpc) is 2.83. The second kappa shape index (κ2) is 10.5. The van der Waals surface area contributed by atoms with E-state index in [-0.39, 0.29) is 31.4 Å². The van der Waals surface area contributed by atoms with Crippen LogP contribution >= 0.6 is 0 Å². The molecule has 0 aliphatic carbocycles. The minimum Gasteiger partial charge on any atom is -0.492 e. The molecule has 0 unspecified atom stereocenters. The van der Waals surface area contributed by atoms with Gasteiger partial charge in [0.25, 0.3) is 0 Å². The summed E-state index contributed by atoms with van der Waals surface area (Å²) < 4.78 is 16.1. The third-order valence-corrected chi connectivity index (χ3v) is 2.73. The SMILES string of the molecule is CC(C)(C)OC(=O)NCCOCCOCCC(=O)On1c(O)ccc1O. The number of amides is 1. The number of aromatic nitrogens is 1. The third-order valence-electron chi connectivity index (χ3n) is 2.73. The Balaban J connectivity index is 1.98. The van der Waals surface area contributed by atoms with Crippen molar-refractivity contribution in [2.75, 3.05) is 33.0 Å². The summed E-state index contributed by atoms with van der Waals surface area (Å²) in [6, 6.07) is 2.38. The van der Waals surface area contributed by atoms with E-state index in [0.717, 1.165) is 0 Å². The van der Waals surface area contributed by atoms with Crippen molar-refractivity contribution in [1.29, 1.82) is 0 Å². The summed E-state index contributed by atoms with van der Waals surface area (Å²) in [5, 5.41) is 21.2. The fraction of sp³-hybridized carbons (Fsp3) is 0.625. The van der Waals surface area contributed by atoms with Crippen molar-refractivity contribution in [1.82, 2.24) is 10.0 Å². The maximum absolute atomic E-state index is 11.5. The van der Waals surface area contributed by atoms with Gasteiger partial charge in [-0.05, 0) is 20.8 Å². The van der Waals surface area contributed by atoms with E-state index < -0.39 is 17.7 Å². The number of alkyl carbamates (subject to hydrolysis) is 1. The van der Waals surface area contributed by atoms with Crippen molar-refractivity contribution in [3.8, 4) is 11.8 Å². The number of rotatable bonds is 10. The molecule has 1 rings (SSSR count). The van der Waals surface area contributed by atoms with Crippen LogP contribution in [0.15, 0.2) is 12.1 Å². The average molecular weight is 374 g/mol. The van der Waals surface area contributed by atoms with Crippen molar-refractivity contribution in [3.05, 3.63) is 12.1 Å². The van der Waals surface area contributed by atoms with Crippen LogP contribution in [0.1, 0.15) is 27.2 Å². The highest BCUT2D eigenvalue weighted by atomic mass is 16.7. The van der Waals surface area contributed by atoms with Crippen molar-refractivity contribution in [2.45, 2.75) is 32.8 Å². The Hall–Kier alpha value is -2.46. The van der Waals surface area contributed by atoms with Gasteiger partial charge < -0.3 is 34.6 Å². The minimum absolute atomic E-state index is 0.0583. The molecule has 0 spiro atoms. The Morgan fingerprint density at radius 1 is 1.04 bits per heavy atom. The molecule has 1 aromatic heterocycles. The van der Waals surface area contributed by atoms with Gasteiger partial charge in [-0.2, -0.15) is 0 Å². The smallest absolute Gasteiger partial charge is 0.407 e. The van der Waals surface area contributed by atoms with Crippen molar-refractivity contribution >= 4 is 12.1 Å². The van der Waals surface area contributed by atoms with E-state index in [1.165, 1.54) is 12.1 Å². The zero-order chi connectivity index (χ0) is 19.6. The summed E-state index contributed by atoms with van der Waals surface area (Å²) in [5.74, 6) is -1.44. The van der Waals surface area contributed by atoms with E-state index in [1.54, 1.807) is 20.8 Å². The predicted molar refractivity (Wildman–Crippen MR) is 89.8 cm³/mol. The Morgan fingerprint density at radius 2 is 1.62 bits per heavy atom. The standard InChI is InChI=1S/C16H26N2O8/c1-16(2,3)25-15(22)17-7-9-24-11-10-23-8-6-14(21)26-18-12(19)4-5-13(18)20/h4-5,19-20H,6-11H2,1-3H3,(H,17,22). The molecular formula is C16H26N2O8. The molecule has 10 heteroatoms. The molecule has 10 nitrogen and oxygen atoms in total. The maximum Gasteiger partial charge on any atom is 0.407 e. The molecule has 0 aliphatic heterocycles. The van der Waals surface area contributed by atoms with Gasteiger partial charge in [-0.1, -0.05) is 0 Å². The lowest BCUT2D eigenvalue weighted by atomic mass is 10.2. The molecule has 0 saturated carbocycles. The number of ether oxygens (including phenoxy) is 3. The molecule has 1 aromatic rings. The van der Waals surface area contributed by atoms with E-state index in [2.05, 4.69) is 5.32 Å². The number of carbonyl (C=O) groups is 2. The number of hydrogen-bond acceptors (Lipinski definition) is 8. The Morgan fingerprint density at radius 3 is 2.19 bits per heavy atom. The summed E-state index contributed by atoms with van der Waals surface area (Å²) in [6.07, 6.45) is -0.562. The van der Waals surface area contributed by atoms with Crippen LogP contribution in [0.25, 0.3) is 0 Å². The summed E-state index contributed by atoms with van der Waals surface area (Å²) in [5.41, 5.74) is -0.543. The summed E-state index contributed by atoms with van der Waals surface area (Å²) >= 11 is 0. The van der Waals surface area contributed by atoms with Crippen LogP contribution in [-0.4, -0.2) is 65.6 Å². The van der Waals surface area contributed by atoms with Gasteiger partial charge in [0.15, 0.2) is 0 Å². The number of nitrogens with zero attached hydrogens (tertiary/aromatic N) is 1. The van der Waals surface area contributed by atoms with Crippen molar-refractivity contribution in [3.63, 3.8) is 0 Å². The summed E-state index contributed by atoms with van der Waals surface area (Å²) in [7, 11) is 0. The number of aromatic hydroxyl groups is 2. The molecule has 148 valence electrons. The molecule has 0 aromatic carbocycles. The molecular weight excluding hydrogens is 348 g/mol. The molecule has 0 aliphatic rings. The number of hydrogen-bond donors (Lipinski definition) is 3. The van der Waals surface area contributed by atoms with Gasteiger partial charge in [-0.15, -0.1) is 4.73 Å². The van der Waals surface area contributed by atoms with Gasteiger partial charge in [0.2, 0.25) is 11.8 Å². The first-order valence-electron chi connectivity index (χ1n) is 8.12. The van der Waals surface area contributed by atoms with E-state index >= 15 is 0 Å². The van der Waals surface area contributed by atoms with Gasteiger partial charge in [0.05, 0.1) is 32.8 Å². The summed E-state index contributed by atoms with van der Waals surface area (Å²) in [4.78, 5) is 27.6. The monoisotopic (exact) mass is 374 g/mol. The lowest BCUT2D eigenvalue weighted by Gasteiger charge is -2.19. The number of carbonyl (C=O) groups excluding carboxylic acids is 2. The van der Waals surface area contributed by atoms with Crippen LogP contribution in [0, 0.1) is 0 Å². The molecule has 0 bridgehead atoms. The molecule has 26 heavy (non-hydrogen) atoms. The van der Waals surface area contributed by atoms with Crippen LogP contribution in [0.4, 0.5) is 4.79 Å². The molecule has 0 saturated heterocycles. The highest BCUT2D eigenvalue weighted by Crippen LogP contribution is 2.18. The molecule has 0 radical (unpaired) electrons. The lowest BCUT2D eigenvalue weighted by molar-refractivity contribution is -0.146. The Labute approximate surface area is 151 Å². The predicted octanol–water partition coefficient (Wildman–Crippen LogP) is 0.802. The Bertz CT molecular complexity index is 560. The van der Waals surface area contributed by atoms with Crippen LogP contribution < -0.4 is 10.2 Å². The first-order valence-corrected chi connectivity index (χ1v) is 8.12. The fourth-order valence-corrected chi connectivity index (χ4v) is 1.66. The molecule has 3 N–H and O–H groups in total. The maximum atomic E-state index is 11.5. The van der Waals surface area contributed by atoms with Crippen molar-refractivity contribution in [2.24, 2.45) is 0 Å². The van der Waals surface area contributed by atoms with E-state index in [1.807, 2.05) is 0 Å². The number of nitrogens with one attached hydrogen (secondary N) is 1. The summed E-state index contributed by atoms with van der Waals surface area (Å²) in [6.45, 7) is 6.60. The molecule has 1 heterocycles. The van der Waals surface area contributed by atoms with Gasteiger partial charge in [-0.3, -0.25) is 0 Å². The molecule has 0 atom stereocenters. The van der Waals surface area contributed by atoms with Crippen LogP contribution in [0.2, 0.25) is 0 Å². The largest absolute Gasteiger partial charge is 0.492 e. The topological polar surface area (TPSA) is 128 Å². The normalized spacial score (nSPS) is 11.2. The van der Waals surface area contributed by atoms with Gasteiger partial charge >= 0.3 is 12.1 Å². The lowest BCUT2D eigenvalue weighted by Crippen LogP contribution is -2.34. The zero-order valence-electron chi connectivity index (χ0n) is 15.2. The van der Waals surface area contributed by atoms with Gasteiger partial charge in [0.1, 0.15) is 5.60 Å². The second-order valence-corrected chi connectivity index (χ2v) is 6.21. The third kappa shape index (κ3) is 9.14. The highest BCUT2D eigenvalue weighted by Gasteiger charge is 2.15. The minimum atomic E-state index is -0.672. The van der Waals surface area contributed by atoms with Crippen LogP contribution in [0.3, 0.4) is 0 Å². The molecule has 0 fully saturated rings. The quantitative estimate of drug-likeness (QED) is 0.513. The van der Waals surface area contributed by atoms with Crippen LogP contribution in [0.5, 0.6) is 11.8 Å². The zero-order valence-corrected chi connectivity index (χ0v) is 15.2. The van der Waals surface area contributed by atoms with Gasteiger partial charge in [-0.25, -0.2) is 9.59 Å². The van der Waals surface area contributed by atoms with Crippen LogP contribution in [-0.2, 0) is 19.0 Å². The highest BCUT2D eigenvalue weighted by molar-refractivity contribution is 5.70.